The number of nitrogens with one attached hydrogen (secondary N) is 1. The van der Waals surface area contributed by atoms with Gasteiger partial charge in [0.25, 0.3) is 0 Å². The maximum Gasteiger partial charge on any atom is 0.246 e. The highest BCUT2D eigenvalue weighted by atomic mass is 32.2. The lowest BCUT2D eigenvalue weighted by atomic mass is 10.3. The fourth-order valence-corrected chi connectivity index (χ4v) is 2.33. The molecule has 0 bridgehead atoms. The van der Waals surface area contributed by atoms with Crippen LogP contribution in [0.3, 0.4) is 0 Å². The number of halogens is 2. The normalized spacial score (nSPS) is 11.7. The summed E-state index contributed by atoms with van der Waals surface area (Å²) in [7, 11) is -4.15. The lowest BCUT2D eigenvalue weighted by Gasteiger charge is -2.07. The Labute approximate surface area is 92.5 Å². The van der Waals surface area contributed by atoms with Crippen molar-refractivity contribution in [1.29, 1.82) is 0 Å². The molecule has 1 rings (SSSR count). The molecule has 90 valence electrons. The average molecular weight is 250 g/mol. The van der Waals surface area contributed by atoms with Gasteiger partial charge in [-0.2, -0.15) is 0 Å². The number of hydrogen-bond donors (Lipinski definition) is 2. The number of sulfonamides is 1. The summed E-state index contributed by atoms with van der Waals surface area (Å²) in [5.74, 6) is -2.22. The van der Waals surface area contributed by atoms with Crippen molar-refractivity contribution in [2.24, 2.45) is 5.73 Å². The van der Waals surface area contributed by atoms with E-state index in [-0.39, 0.29) is 6.54 Å². The third-order valence-corrected chi connectivity index (χ3v) is 3.37. The Kier molecular flexibility index (Phi) is 4.34. The molecule has 0 atom stereocenters. The SMILES string of the molecule is NCCCNS(=O)(=O)c1c(F)cccc1F. The molecule has 3 N–H and O–H groups in total. The predicted octanol–water partition coefficient (Wildman–Crippen LogP) is 0.592. The molecule has 0 saturated carbocycles. The number of benzene rings is 1. The summed E-state index contributed by atoms with van der Waals surface area (Å²) in [6, 6.07) is 2.88. The van der Waals surface area contributed by atoms with Crippen molar-refractivity contribution < 1.29 is 17.2 Å². The Bertz CT molecular complexity index is 442. The van der Waals surface area contributed by atoms with Crippen LogP contribution >= 0.6 is 0 Å². The van der Waals surface area contributed by atoms with Crippen molar-refractivity contribution in [3.8, 4) is 0 Å². The Hall–Kier alpha value is -1.05. The Morgan fingerprint density at radius 3 is 2.31 bits per heavy atom. The molecular weight excluding hydrogens is 238 g/mol. The smallest absolute Gasteiger partial charge is 0.246 e. The molecule has 0 spiro atoms. The molecule has 0 saturated heterocycles. The van der Waals surface area contributed by atoms with Crippen LogP contribution in [-0.4, -0.2) is 21.5 Å². The van der Waals surface area contributed by atoms with Crippen molar-refractivity contribution in [2.45, 2.75) is 11.3 Å². The van der Waals surface area contributed by atoms with E-state index in [1.54, 1.807) is 0 Å². The van der Waals surface area contributed by atoms with Gasteiger partial charge in [-0.3, -0.25) is 0 Å². The summed E-state index contributed by atoms with van der Waals surface area (Å²) < 4.78 is 51.4. The minimum Gasteiger partial charge on any atom is -0.330 e. The molecule has 0 aromatic heterocycles. The molecule has 0 radical (unpaired) electrons. The number of hydrogen-bond acceptors (Lipinski definition) is 3. The highest BCUT2D eigenvalue weighted by molar-refractivity contribution is 7.89. The Morgan fingerprint density at radius 2 is 1.81 bits per heavy atom. The lowest BCUT2D eigenvalue weighted by Crippen LogP contribution is -2.27. The molecule has 0 aliphatic carbocycles. The monoisotopic (exact) mass is 250 g/mol. The quantitative estimate of drug-likeness (QED) is 0.751. The van der Waals surface area contributed by atoms with Crippen LogP contribution in [0.1, 0.15) is 6.42 Å². The van der Waals surface area contributed by atoms with Crippen molar-refractivity contribution in [3.05, 3.63) is 29.8 Å². The number of nitrogens with two attached hydrogens (primary N) is 1. The van der Waals surface area contributed by atoms with Gasteiger partial charge in [-0.1, -0.05) is 6.07 Å². The van der Waals surface area contributed by atoms with Crippen molar-refractivity contribution in [2.75, 3.05) is 13.1 Å². The van der Waals surface area contributed by atoms with Crippen LogP contribution in [0.25, 0.3) is 0 Å². The van der Waals surface area contributed by atoms with Gasteiger partial charge in [0.05, 0.1) is 0 Å². The van der Waals surface area contributed by atoms with Crippen LogP contribution in [0.15, 0.2) is 23.1 Å². The standard InChI is InChI=1S/C9H12F2N2O2S/c10-7-3-1-4-8(11)9(7)16(14,15)13-6-2-5-12/h1,3-4,13H,2,5-6,12H2. The summed E-state index contributed by atoms with van der Waals surface area (Å²) in [5.41, 5.74) is 5.17. The van der Waals surface area contributed by atoms with Gasteiger partial charge in [-0.25, -0.2) is 21.9 Å². The molecule has 1 aromatic carbocycles. The van der Waals surface area contributed by atoms with Crippen LogP contribution in [0.4, 0.5) is 8.78 Å². The zero-order chi connectivity index (χ0) is 12.2. The Morgan fingerprint density at radius 1 is 1.25 bits per heavy atom. The van der Waals surface area contributed by atoms with E-state index in [9.17, 15) is 17.2 Å². The first kappa shape index (κ1) is 13.0. The number of rotatable bonds is 5. The van der Waals surface area contributed by atoms with E-state index in [1.807, 2.05) is 0 Å². The van der Waals surface area contributed by atoms with Gasteiger partial charge < -0.3 is 5.73 Å². The highest BCUT2D eigenvalue weighted by Crippen LogP contribution is 2.17. The topological polar surface area (TPSA) is 72.2 Å². The molecule has 0 fully saturated rings. The van der Waals surface area contributed by atoms with Gasteiger partial charge in [0, 0.05) is 6.54 Å². The van der Waals surface area contributed by atoms with Gasteiger partial charge in [0.1, 0.15) is 11.6 Å². The van der Waals surface area contributed by atoms with E-state index in [1.165, 1.54) is 0 Å². The predicted molar refractivity (Wildman–Crippen MR) is 55.2 cm³/mol. The minimum absolute atomic E-state index is 0.0482. The zero-order valence-corrected chi connectivity index (χ0v) is 9.23. The van der Waals surface area contributed by atoms with Crippen molar-refractivity contribution in [1.82, 2.24) is 4.72 Å². The van der Waals surface area contributed by atoms with Crippen LogP contribution in [-0.2, 0) is 10.0 Å². The minimum atomic E-state index is -4.15. The first-order chi connectivity index (χ1) is 7.49. The van der Waals surface area contributed by atoms with Gasteiger partial charge >= 0.3 is 0 Å². The highest BCUT2D eigenvalue weighted by Gasteiger charge is 2.22. The van der Waals surface area contributed by atoms with Crippen LogP contribution < -0.4 is 10.5 Å². The fraction of sp³-hybridized carbons (Fsp3) is 0.333. The van der Waals surface area contributed by atoms with E-state index in [0.29, 0.717) is 13.0 Å². The van der Waals surface area contributed by atoms with Crippen molar-refractivity contribution >= 4 is 10.0 Å². The molecule has 0 aliphatic rings. The second-order valence-electron chi connectivity index (χ2n) is 3.09. The molecular formula is C9H12F2N2O2S. The van der Waals surface area contributed by atoms with E-state index >= 15 is 0 Å². The largest absolute Gasteiger partial charge is 0.330 e. The van der Waals surface area contributed by atoms with E-state index in [2.05, 4.69) is 4.72 Å². The lowest BCUT2D eigenvalue weighted by molar-refractivity contribution is 0.513. The van der Waals surface area contributed by atoms with Gasteiger partial charge in [-0.15, -0.1) is 0 Å². The van der Waals surface area contributed by atoms with Crippen LogP contribution in [0.5, 0.6) is 0 Å². The zero-order valence-electron chi connectivity index (χ0n) is 8.41. The third-order valence-electron chi connectivity index (χ3n) is 1.86. The molecule has 16 heavy (non-hydrogen) atoms. The molecule has 0 heterocycles. The van der Waals surface area contributed by atoms with E-state index < -0.39 is 26.6 Å². The maximum atomic E-state index is 13.2. The average Bonchev–Trinajstić information content (AvgIpc) is 2.17. The van der Waals surface area contributed by atoms with E-state index in [4.69, 9.17) is 5.73 Å². The molecule has 0 unspecified atom stereocenters. The maximum absolute atomic E-state index is 13.2. The summed E-state index contributed by atoms with van der Waals surface area (Å²) in [4.78, 5) is -0.952. The first-order valence-corrected chi connectivity index (χ1v) is 6.11. The molecule has 0 amide bonds. The summed E-state index contributed by atoms with van der Waals surface area (Å²) in [6.07, 6.45) is 0.398. The molecule has 0 aliphatic heterocycles. The third kappa shape index (κ3) is 2.97. The van der Waals surface area contributed by atoms with E-state index in [0.717, 1.165) is 18.2 Å². The van der Waals surface area contributed by atoms with Crippen LogP contribution in [0, 0.1) is 11.6 Å². The van der Waals surface area contributed by atoms with Crippen LogP contribution in [0.2, 0.25) is 0 Å². The summed E-state index contributed by atoms with van der Waals surface area (Å²) in [6.45, 7) is 0.342. The summed E-state index contributed by atoms with van der Waals surface area (Å²) in [5, 5.41) is 0. The second-order valence-corrected chi connectivity index (χ2v) is 4.79. The van der Waals surface area contributed by atoms with Gasteiger partial charge in [-0.05, 0) is 25.1 Å². The molecule has 1 aromatic rings. The van der Waals surface area contributed by atoms with Crippen molar-refractivity contribution in [3.63, 3.8) is 0 Å². The second kappa shape index (κ2) is 5.33. The first-order valence-electron chi connectivity index (χ1n) is 4.63. The molecule has 4 nitrogen and oxygen atoms in total. The fourth-order valence-electron chi connectivity index (χ4n) is 1.12. The molecule has 7 heteroatoms. The summed E-state index contributed by atoms with van der Waals surface area (Å²) >= 11 is 0. The van der Waals surface area contributed by atoms with Gasteiger partial charge in [0.2, 0.25) is 10.0 Å². The van der Waals surface area contributed by atoms with Gasteiger partial charge in [0.15, 0.2) is 4.90 Å². The Balaban J connectivity index is 2.98.